The highest BCUT2D eigenvalue weighted by atomic mass is 16.5. The monoisotopic (exact) mass is 714 g/mol. The van der Waals surface area contributed by atoms with Crippen molar-refractivity contribution in [2.24, 2.45) is 5.92 Å². The maximum atomic E-state index is 14.2. The molecule has 5 rings (SSSR count). The number of ether oxygens (including phenoxy) is 1. The average Bonchev–Trinajstić information content (AvgIpc) is 3.93. The molecule has 3 atom stereocenters. The number of carbonyl (C=O) groups is 6. The normalized spacial score (nSPS) is 21.2. The first-order valence-electron chi connectivity index (χ1n) is 17.5. The van der Waals surface area contributed by atoms with E-state index < -0.39 is 59.7 Å². The van der Waals surface area contributed by atoms with Crippen LogP contribution in [0.2, 0.25) is 0 Å². The highest BCUT2D eigenvalue weighted by molar-refractivity contribution is 6.10. The molecule has 1 aromatic heterocycles. The molecule has 0 unspecified atom stereocenters. The van der Waals surface area contributed by atoms with Crippen molar-refractivity contribution in [1.82, 2.24) is 30.7 Å². The summed E-state index contributed by atoms with van der Waals surface area (Å²) in [5, 5.41) is 17.9. The summed E-state index contributed by atoms with van der Waals surface area (Å²) >= 11 is 0. The van der Waals surface area contributed by atoms with Crippen LogP contribution in [0.15, 0.2) is 60.8 Å². The smallest absolute Gasteiger partial charge is 0.305 e. The second-order valence-corrected chi connectivity index (χ2v) is 13.9. The van der Waals surface area contributed by atoms with Crippen LogP contribution in [0.5, 0.6) is 5.75 Å². The quantitative estimate of drug-likeness (QED) is 0.272. The number of aliphatic carboxylic acids is 1. The van der Waals surface area contributed by atoms with Gasteiger partial charge in [0.25, 0.3) is 5.91 Å². The Morgan fingerprint density at radius 1 is 1.02 bits per heavy atom. The van der Waals surface area contributed by atoms with E-state index >= 15 is 0 Å². The summed E-state index contributed by atoms with van der Waals surface area (Å²) in [5.74, 6) is -3.94. The Labute approximate surface area is 302 Å². The van der Waals surface area contributed by atoms with Gasteiger partial charge in [-0.05, 0) is 43.2 Å². The number of nitrogens with one attached hydrogen (secondary N) is 3. The van der Waals surface area contributed by atoms with Crippen molar-refractivity contribution in [1.29, 1.82) is 0 Å². The van der Waals surface area contributed by atoms with Crippen LogP contribution in [0.1, 0.15) is 61.9 Å². The Kier molecular flexibility index (Phi) is 11.8. The van der Waals surface area contributed by atoms with E-state index in [4.69, 9.17) is 9.84 Å². The number of rotatable bonds is 8. The van der Waals surface area contributed by atoms with Crippen LogP contribution in [-0.4, -0.2) is 106 Å². The summed E-state index contributed by atoms with van der Waals surface area (Å²) in [6.45, 7) is 3.53. The van der Waals surface area contributed by atoms with Gasteiger partial charge in [0, 0.05) is 26.0 Å². The molecule has 3 aromatic rings. The molecule has 1 fully saturated rings. The van der Waals surface area contributed by atoms with Gasteiger partial charge in [0.15, 0.2) is 5.75 Å². The van der Waals surface area contributed by atoms with Gasteiger partial charge in [-0.15, -0.1) is 0 Å². The second-order valence-electron chi connectivity index (χ2n) is 13.9. The van der Waals surface area contributed by atoms with Gasteiger partial charge >= 0.3 is 5.97 Å². The molecular weight excluding hydrogens is 668 g/mol. The van der Waals surface area contributed by atoms with Crippen LogP contribution < -0.4 is 20.7 Å². The molecule has 5 amide bonds. The van der Waals surface area contributed by atoms with Crippen LogP contribution in [0.25, 0.3) is 10.9 Å². The number of amides is 5. The number of pyridine rings is 1. The minimum atomic E-state index is -1.44. The van der Waals surface area contributed by atoms with Crippen LogP contribution in [0.4, 0.5) is 0 Å². The van der Waals surface area contributed by atoms with Gasteiger partial charge in [0.05, 0.1) is 36.2 Å². The molecule has 0 bridgehead atoms. The fourth-order valence-electron chi connectivity index (χ4n) is 6.51. The van der Waals surface area contributed by atoms with E-state index in [9.17, 15) is 28.8 Å². The maximum absolute atomic E-state index is 14.2. The Bertz CT molecular complexity index is 1830. The van der Waals surface area contributed by atoms with Crippen molar-refractivity contribution in [3.8, 4) is 5.75 Å². The third-order valence-electron chi connectivity index (χ3n) is 9.67. The predicted molar refractivity (Wildman–Crippen MR) is 191 cm³/mol. The molecule has 4 N–H and O–H groups in total. The number of likely N-dealkylation sites (N-methyl/N-ethyl adjacent to an activating group) is 2. The van der Waals surface area contributed by atoms with Gasteiger partial charge in [-0.1, -0.05) is 62.4 Å². The number of fused-ring (bicyclic) bond motifs is 3. The highest BCUT2D eigenvalue weighted by Crippen LogP contribution is 2.42. The van der Waals surface area contributed by atoms with E-state index in [1.165, 1.54) is 23.0 Å². The fraction of sp³-hybridized carbons (Fsp3) is 0.447. The number of carbonyl (C=O) groups excluding carboxylic acids is 5. The lowest BCUT2D eigenvalue weighted by atomic mass is 9.99. The standard InChI is InChI=1S/C38H46N6O8/c1-23(2)18-29-36(50)44(4)38(15-16-38)37(51)41-25(19-24-10-6-5-7-11-24)22-52-30-21-40-27-13-9-8-12-26(27)33(30)35(49)42-28(20-31(45)43(29)3)34(48)39-17-14-32(46)47/h5-13,21,23,25,28-29H,14-20,22H2,1-4H3,(H,39,48)(H,41,51)(H,42,49)(H,46,47)/t25-,28+,29+/m1/s1. The Balaban J connectivity index is 1.59. The molecule has 2 aromatic carbocycles. The van der Waals surface area contributed by atoms with Gasteiger partial charge in [-0.25, -0.2) is 0 Å². The first kappa shape index (κ1) is 37.7. The van der Waals surface area contributed by atoms with Crippen molar-refractivity contribution < 1.29 is 38.6 Å². The Hall–Kier alpha value is -5.53. The molecule has 1 aliphatic carbocycles. The van der Waals surface area contributed by atoms with E-state index in [1.54, 1.807) is 31.3 Å². The Morgan fingerprint density at radius 3 is 2.38 bits per heavy atom. The minimum absolute atomic E-state index is 0.0173. The first-order chi connectivity index (χ1) is 24.8. The number of carboxylic acids is 1. The molecule has 2 aliphatic rings. The van der Waals surface area contributed by atoms with Crippen LogP contribution >= 0.6 is 0 Å². The lowest BCUT2D eigenvalue weighted by molar-refractivity contribution is -0.149. The summed E-state index contributed by atoms with van der Waals surface area (Å²) < 4.78 is 6.29. The molecule has 0 radical (unpaired) electrons. The fourth-order valence-corrected chi connectivity index (χ4v) is 6.51. The van der Waals surface area contributed by atoms with E-state index in [0.29, 0.717) is 30.2 Å². The molecule has 52 heavy (non-hydrogen) atoms. The molecular formula is C38H46N6O8. The number of nitrogens with zero attached hydrogens (tertiary/aromatic N) is 3. The topological polar surface area (TPSA) is 187 Å². The van der Waals surface area contributed by atoms with Crippen LogP contribution in [0, 0.1) is 5.92 Å². The average molecular weight is 715 g/mol. The van der Waals surface area contributed by atoms with Crippen molar-refractivity contribution >= 4 is 46.4 Å². The third-order valence-corrected chi connectivity index (χ3v) is 9.67. The molecule has 14 heteroatoms. The second kappa shape index (κ2) is 16.2. The number of carboxylic acid groups (broad SMARTS) is 1. The molecule has 276 valence electrons. The molecule has 14 nitrogen and oxygen atoms in total. The molecule has 1 aliphatic heterocycles. The van der Waals surface area contributed by atoms with E-state index in [2.05, 4.69) is 20.9 Å². The minimum Gasteiger partial charge on any atom is -0.489 e. The van der Waals surface area contributed by atoms with Gasteiger partial charge in [-0.2, -0.15) is 0 Å². The largest absolute Gasteiger partial charge is 0.489 e. The molecule has 1 spiro atoms. The summed E-state index contributed by atoms with van der Waals surface area (Å²) in [7, 11) is 3.04. The molecule has 2 heterocycles. The number of para-hydroxylation sites is 1. The molecule has 1 saturated carbocycles. The Morgan fingerprint density at radius 2 is 1.71 bits per heavy atom. The number of aromatic nitrogens is 1. The predicted octanol–water partition coefficient (Wildman–Crippen LogP) is 2.30. The molecule has 0 saturated heterocycles. The van der Waals surface area contributed by atoms with E-state index in [0.717, 1.165) is 5.56 Å². The van der Waals surface area contributed by atoms with Crippen LogP contribution in [0.3, 0.4) is 0 Å². The number of hydrogen-bond donors (Lipinski definition) is 4. The maximum Gasteiger partial charge on any atom is 0.305 e. The van der Waals surface area contributed by atoms with Crippen molar-refractivity contribution in [2.75, 3.05) is 27.2 Å². The first-order valence-corrected chi connectivity index (χ1v) is 17.5. The van der Waals surface area contributed by atoms with Gasteiger partial charge in [0.2, 0.25) is 23.6 Å². The summed E-state index contributed by atoms with van der Waals surface area (Å²) in [6.07, 6.45) is 2.03. The van der Waals surface area contributed by atoms with Crippen molar-refractivity contribution in [3.05, 3.63) is 71.9 Å². The zero-order valence-electron chi connectivity index (χ0n) is 29.9. The van der Waals surface area contributed by atoms with Crippen molar-refractivity contribution in [3.63, 3.8) is 0 Å². The van der Waals surface area contributed by atoms with Gasteiger partial charge in [0.1, 0.15) is 24.2 Å². The van der Waals surface area contributed by atoms with Gasteiger partial charge in [-0.3, -0.25) is 33.8 Å². The zero-order valence-corrected chi connectivity index (χ0v) is 29.9. The van der Waals surface area contributed by atoms with Crippen LogP contribution in [-0.2, 0) is 30.4 Å². The zero-order chi connectivity index (χ0) is 37.6. The summed E-state index contributed by atoms with van der Waals surface area (Å²) in [5.41, 5.74) is 0.348. The third kappa shape index (κ3) is 8.67. The van der Waals surface area contributed by atoms with E-state index in [1.807, 2.05) is 44.2 Å². The van der Waals surface area contributed by atoms with Gasteiger partial charge < -0.3 is 35.6 Å². The highest BCUT2D eigenvalue weighted by Gasteiger charge is 2.56. The summed E-state index contributed by atoms with van der Waals surface area (Å²) in [4.78, 5) is 88.3. The summed E-state index contributed by atoms with van der Waals surface area (Å²) in [6, 6.07) is 13.4. The lowest BCUT2D eigenvalue weighted by Gasteiger charge is -2.36. The van der Waals surface area contributed by atoms with E-state index in [-0.39, 0.29) is 49.1 Å². The SMILES string of the molecule is CC(C)C[C@H]1C(=O)N(C)C2(CC2)C(=O)N[C@H](Cc2ccccc2)COc2cnc3ccccc3c2C(=O)N[C@H](C(=O)NCCC(=O)O)CC(=O)N1C. The lowest BCUT2D eigenvalue weighted by Crippen LogP contribution is -2.58. The number of hydrogen-bond acceptors (Lipinski definition) is 8. The number of benzene rings is 2. The van der Waals surface area contributed by atoms with Crippen molar-refractivity contribution in [2.45, 2.75) is 76.0 Å².